The van der Waals surface area contributed by atoms with E-state index in [1.807, 2.05) is 0 Å². The maximum atomic E-state index is 12.4. The number of halogens is 1. The van der Waals surface area contributed by atoms with Crippen LogP contribution >= 0.6 is 22.9 Å². The van der Waals surface area contributed by atoms with Gasteiger partial charge in [0.05, 0.1) is 10.4 Å². The third-order valence-electron chi connectivity index (χ3n) is 3.80. The van der Waals surface area contributed by atoms with Crippen molar-refractivity contribution < 1.29 is 0 Å². The highest BCUT2D eigenvalue weighted by Crippen LogP contribution is 2.34. The van der Waals surface area contributed by atoms with Crippen LogP contribution in [0.2, 0.25) is 5.02 Å². The minimum absolute atomic E-state index is 0.0637. The van der Waals surface area contributed by atoms with Crippen molar-refractivity contribution >= 4 is 33.2 Å². The first-order valence-electron chi connectivity index (χ1n) is 6.89. The molecule has 0 saturated heterocycles. The summed E-state index contributed by atoms with van der Waals surface area (Å²) in [7, 11) is 0. The van der Waals surface area contributed by atoms with Crippen molar-refractivity contribution in [2.24, 2.45) is 0 Å². The Balaban J connectivity index is 1.93. The van der Waals surface area contributed by atoms with Crippen LogP contribution in [0, 0.1) is 0 Å². The number of aryl methyl sites for hydroxylation is 2. The second-order valence-electron chi connectivity index (χ2n) is 5.17. The van der Waals surface area contributed by atoms with Gasteiger partial charge < -0.3 is 4.98 Å². The molecule has 4 nitrogen and oxygen atoms in total. The molecule has 0 saturated carbocycles. The molecule has 0 aromatic carbocycles. The molecule has 3 heterocycles. The SMILES string of the molecule is O=c1[nH]c(-c2ccc(Cl)cn2)nc2sc3c(c12)CCCC3. The normalized spacial score (nSPS) is 14.3. The molecular formula is C15H12ClN3OS. The fourth-order valence-corrected chi connectivity index (χ4v) is 4.17. The minimum Gasteiger partial charge on any atom is -0.305 e. The summed E-state index contributed by atoms with van der Waals surface area (Å²) >= 11 is 7.48. The molecule has 3 aromatic heterocycles. The molecular weight excluding hydrogens is 306 g/mol. The van der Waals surface area contributed by atoms with Crippen molar-refractivity contribution in [1.29, 1.82) is 0 Å². The van der Waals surface area contributed by atoms with Crippen LogP contribution in [-0.2, 0) is 12.8 Å². The van der Waals surface area contributed by atoms with E-state index in [4.69, 9.17) is 11.6 Å². The maximum absolute atomic E-state index is 12.4. The molecule has 0 radical (unpaired) electrons. The van der Waals surface area contributed by atoms with Crippen LogP contribution in [0.5, 0.6) is 0 Å². The molecule has 0 fully saturated rings. The lowest BCUT2D eigenvalue weighted by Crippen LogP contribution is -2.11. The number of nitrogens with zero attached hydrogens (tertiary/aromatic N) is 2. The standard InChI is InChI=1S/C15H12ClN3OS/c16-8-5-6-10(17-7-8)13-18-14(20)12-9-3-1-2-4-11(9)21-15(12)19-13/h5-7H,1-4H2,(H,18,19,20). The summed E-state index contributed by atoms with van der Waals surface area (Å²) in [6.07, 6.45) is 5.95. The summed E-state index contributed by atoms with van der Waals surface area (Å²) in [5, 5.41) is 1.33. The second kappa shape index (κ2) is 4.93. The van der Waals surface area contributed by atoms with Crippen LogP contribution in [0.4, 0.5) is 0 Å². The lowest BCUT2D eigenvalue weighted by Gasteiger charge is -2.09. The molecule has 0 amide bonds. The van der Waals surface area contributed by atoms with Crippen LogP contribution in [0.3, 0.4) is 0 Å². The Kier molecular flexibility index (Phi) is 3.05. The smallest absolute Gasteiger partial charge is 0.260 e. The molecule has 106 valence electrons. The summed E-state index contributed by atoms with van der Waals surface area (Å²) in [6, 6.07) is 3.51. The highest BCUT2D eigenvalue weighted by molar-refractivity contribution is 7.18. The van der Waals surface area contributed by atoms with E-state index in [0.717, 1.165) is 29.5 Å². The van der Waals surface area contributed by atoms with Gasteiger partial charge in [0.1, 0.15) is 10.5 Å². The zero-order valence-electron chi connectivity index (χ0n) is 11.1. The van der Waals surface area contributed by atoms with E-state index in [9.17, 15) is 4.79 Å². The zero-order valence-corrected chi connectivity index (χ0v) is 12.7. The van der Waals surface area contributed by atoms with Crippen molar-refractivity contribution in [3.05, 3.63) is 44.1 Å². The van der Waals surface area contributed by atoms with Gasteiger partial charge in [0.25, 0.3) is 5.56 Å². The third kappa shape index (κ3) is 2.17. The Bertz CT molecular complexity index is 882. The van der Waals surface area contributed by atoms with E-state index < -0.39 is 0 Å². The van der Waals surface area contributed by atoms with Gasteiger partial charge in [0.15, 0.2) is 5.82 Å². The fourth-order valence-electron chi connectivity index (χ4n) is 2.80. The maximum Gasteiger partial charge on any atom is 0.260 e. The van der Waals surface area contributed by atoms with Crippen LogP contribution in [0.15, 0.2) is 23.1 Å². The average molecular weight is 318 g/mol. The molecule has 1 aliphatic rings. The quantitative estimate of drug-likeness (QED) is 0.746. The predicted molar refractivity (Wildman–Crippen MR) is 85.1 cm³/mol. The Morgan fingerprint density at radius 1 is 1.24 bits per heavy atom. The number of H-pyrrole nitrogens is 1. The fraction of sp³-hybridized carbons (Fsp3) is 0.267. The summed E-state index contributed by atoms with van der Waals surface area (Å²) in [5.74, 6) is 0.503. The molecule has 0 spiro atoms. The number of aromatic nitrogens is 3. The van der Waals surface area contributed by atoms with Gasteiger partial charge in [-0.3, -0.25) is 9.78 Å². The van der Waals surface area contributed by atoms with E-state index in [2.05, 4.69) is 15.0 Å². The average Bonchev–Trinajstić information content (AvgIpc) is 2.86. The largest absolute Gasteiger partial charge is 0.305 e. The van der Waals surface area contributed by atoms with E-state index in [1.165, 1.54) is 16.9 Å². The van der Waals surface area contributed by atoms with E-state index >= 15 is 0 Å². The molecule has 0 bridgehead atoms. The first-order chi connectivity index (χ1) is 10.2. The van der Waals surface area contributed by atoms with Gasteiger partial charge in [-0.05, 0) is 43.4 Å². The number of rotatable bonds is 1. The van der Waals surface area contributed by atoms with E-state index in [1.54, 1.807) is 29.7 Å². The number of fused-ring (bicyclic) bond motifs is 3. The van der Waals surface area contributed by atoms with Gasteiger partial charge >= 0.3 is 0 Å². The monoisotopic (exact) mass is 317 g/mol. The number of hydrogen-bond acceptors (Lipinski definition) is 4. The van der Waals surface area contributed by atoms with Crippen LogP contribution in [0.1, 0.15) is 23.3 Å². The topological polar surface area (TPSA) is 58.6 Å². The van der Waals surface area contributed by atoms with Crippen molar-refractivity contribution in [2.45, 2.75) is 25.7 Å². The minimum atomic E-state index is -0.0637. The lowest BCUT2D eigenvalue weighted by atomic mass is 9.97. The molecule has 3 aromatic rings. The Morgan fingerprint density at radius 2 is 2.10 bits per heavy atom. The highest BCUT2D eigenvalue weighted by Gasteiger charge is 2.20. The van der Waals surface area contributed by atoms with Gasteiger partial charge in [-0.15, -0.1) is 11.3 Å². The van der Waals surface area contributed by atoms with Crippen molar-refractivity contribution in [3.8, 4) is 11.5 Å². The van der Waals surface area contributed by atoms with Crippen LogP contribution < -0.4 is 5.56 Å². The Hall–Kier alpha value is -1.72. The molecule has 4 rings (SSSR count). The second-order valence-corrected chi connectivity index (χ2v) is 6.69. The molecule has 1 N–H and O–H groups in total. The highest BCUT2D eigenvalue weighted by atomic mass is 35.5. The van der Waals surface area contributed by atoms with E-state index in [0.29, 0.717) is 16.5 Å². The third-order valence-corrected chi connectivity index (χ3v) is 5.20. The van der Waals surface area contributed by atoms with Crippen LogP contribution in [-0.4, -0.2) is 15.0 Å². The first kappa shape index (κ1) is 13.0. The number of hydrogen-bond donors (Lipinski definition) is 1. The number of aromatic amines is 1. The summed E-state index contributed by atoms with van der Waals surface area (Å²) in [6.45, 7) is 0. The number of pyridine rings is 1. The Morgan fingerprint density at radius 3 is 2.90 bits per heavy atom. The van der Waals surface area contributed by atoms with E-state index in [-0.39, 0.29) is 5.56 Å². The molecule has 0 atom stereocenters. The first-order valence-corrected chi connectivity index (χ1v) is 8.08. The molecule has 21 heavy (non-hydrogen) atoms. The van der Waals surface area contributed by atoms with Gasteiger partial charge in [0, 0.05) is 11.1 Å². The molecule has 0 unspecified atom stereocenters. The molecule has 1 aliphatic carbocycles. The number of nitrogens with one attached hydrogen (secondary N) is 1. The summed E-state index contributed by atoms with van der Waals surface area (Å²) < 4.78 is 0. The van der Waals surface area contributed by atoms with Crippen molar-refractivity contribution in [1.82, 2.24) is 15.0 Å². The number of thiophene rings is 1. The molecule has 0 aliphatic heterocycles. The zero-order chi connectivity index (χ0) is 14.4. The predicted octanol–water partition coefficient (Wildman–Crippen LogP) is 3.58. The van der Waals surface area contributed by atoms with Crippen molar-refractivity contribution in [3.63, 3.8) is 0 Å². The lowest BCUT2D eigenvalue weighted by molar-refractivity contribution is 0.700. The summed E-state index contributed by atoms with van der Waals surface area (Å²) in [4.78, 5) is 26.2. The van der Waals surface area contributed by atoms with Gasteiger partial charge in [-0.1, -0.05) is 11.6 Å². The Labute approximate surface area is 129 Å². The van der Waals surface area contributed by atoms with Gasteiger partial charge in [0.2, 0.25) is 0 Å². The molecule has 6 heteroatoms. The summed E-state index contributed by atoms with van der Waals surface area (Å²) in [5.41, 5.74) is 1.77. The van der Waals surface area contributed by atoms with Gasteiger partial charge in [-0.2, -0.15) is 0 Å². The van der Waals surface area contributed by atoms with Gasteiger partial charge in [-0.25, -0.2) is 4.98 Å². The van der Waals surface area contributed by atoms with Crippen LogP contribution in [0.25, 0.3) is 21.7 Å². The van der Waals surface area contributed by atoms with Crippen molar-refractivity contribution in [2.75, 3.05) is 0 Å².